The summed E-state index contributed by atoms with van der Waals surface area (Å²) >= 11 is 6.12. The van der Waals surface area contributed by atoms with Gasteiger partial charge in [-0.1, -0.05) is 48.9 Å². The van der Waals surface area contributed by atoms with Gasteiger partial charge in [0.15, 0.2) is 0 Å². The second-order valence-electron chi connectivity index (χ2n) is 7.72. The number of anilines is 1. The number of ether oxygens (including phenoxy) is 1. The van der Waals surface area contributed by atoms with Crippen LogP contribution in [0.4, 0.5) is 5.69 Å². The molecule has 4 rings (SSSR count). The monoisotopic (exact) mass is 484 g/mol. The number of nitrogens with one attached hydrogen (secondary N) is 1. The summed E-state index contributed by atoms with van der Waals surface area (Å²) in [6.45, 7) is 3.87. The maximum Gasteiger partial charge on any atom is 0.269 e. The maximum absolute atomic E-state index is 13.4. The summed E-state index contributed by atoms with van der Waals surface area (Å²) in [5.41, 5.74) is 1.84. The van der Waals surface area contributed by atoms with Crippen LogP contribution in [0.3, 0.4) is 0 Å². The van der Waals surface area contributed by atoms with Crippen molar-refractivity contribution in [1.82, 2.24) is 9.38 Å². The Morgan fingerprint density at radius 2 is 1.91 bits per heavy atom. The molecule has 0 fully saturated rings. The number of aryl methyl sites for hydroxylation is 2. The molecule has 7 nitrogen and oxygen atoms in total. The van der Waals surface area contributed by atoms with Crippen molar-refractivity contribution in [2.75, 3.05) is 5.32 Å². The number of aromatic nitrogens is 2. The standard InChI is InChI=1S/C27H21ClN4O3/c1-3-18-10-12-20(13-11-18)35-26-21(27(34)32-14-6-7-17(2)24(32)31-26)15-19(16-29)25(33)30-23-9-5-4-8-22(23)28/h4-15H,3H2,1-2H3,(H,30,33)/b19-15-. The summed E-state index contributed by atoms with van der Waals surface area (Å²) in [6, 6.07) is 19.5. The van der Waals surface area contributed by atoms with E-state index >= 15 is 0 Å². The molecule has 0 saturated carbocycles. The van der Waals surface area contributed by atoms with Crippen LogP contribution in [0, 0.1) is 18.3 Å². The van der Waals surface area contributed by atoms with Crippen molar-refractivity contribution in [3.8, 4) is 17.7 Å². The predicted molar refractivity (Wildman–Crippen MR) is 136 cm³/mol. The maximum atomic E-state index is 13.4. The van der Waals surface area contributed by atoms with Gasteiger partial charge < -0.3 is 10.1 Å². The number of hydrogen-bond donors (Lipinski definition) is 1. The highest BCUT2D eigenvalue weighted by Gasteiger charge is 2.18. The van der Waals surface area contributed by atoms with Crippen molar-refractivity contribution in [1.29, 1.82) is 5.26 Å². The lowest BCUT2D eigenvalue weighted by Crippen LogP contribution is -2.20. The van der Waals surface area contributed by atoms with Crippen molar-refractivity contribution in [3.05, 3.63) is 105 Å². The molecule has 8 heteroatoms. The van der Waals surface area contributed by atoms with Crippen molar-refractivity contribution >= 4 is 34.9 Å². The van der Waals surface area contributed by atoms with Crippen molar-refractivity contribution in [3.63, 3.8) is 0 Å². The highest BCUT2D eigenvalue weighted by molar-refractivity contribution is 6.34. The molecule has 2 aromatic carbocycles. The average molecular weight is 485 g/mol. The van der Waals surface area contributed by atoms with Gasteiger partial charge in [0.2, 0.25) is 5.88 Å². The number of pyridine rings is 1. The van der Waals surface area contributed by atoms with E-state index in [0.717, 1.165) is 17.5 Å². The summed E-state index contributed by atoms with van der Waals surface area (Å²) in [6.07, 6.45) is 3.63. The Balaban J connectivity index is 1.82. The molecule has 0 radical (unpaired) electrons. The number of carbonyl (C=O) groups excluding carboxylic acids is 1. The van der Waals surface area contributed by atoms with Crippen LogP contribution in [0.1, 0.15) is 23.6 Å². The molecule has 1 N–H and O–H groups in total. The van der Waals surface area contributed by atoms with Crippen LogP contribution < -0.4 is 15.6 Å². The highest BCUT2D eigenvalue weighted by Crippen LogP contribution is 2.26. The van der Waals surface area contributed by atoms with Crippen LogP contribution in [-0.2, 0) is 11.2 Å². The first-order valence-corrected chi connectivity index (χ1v) is 11.3. The van der Waals surface area contributed by atoms with E-state index in [9.17, 15) is 14.9 Å². The third-order valence-corrected chi connectivity index (χ3v) is 5.70. The second-order valence-corrected chi connectivity index (χ2v) is 8.13. The van der Waals surface area contributed by atoms with E-state index in [-0.39, 0.29) is 17.0 Å². The zero-order valence-corrected chi connectivity index (χ0v) is 19.8. The molecule has 0 aliphatic heterocycles. The molecular formula is C27H21ClN4O3. The van der Waals surface area contributed by atoms with E-state index in [4.69, 9.17) is 16.3 Å². The molecule has 2 heterocycles. The minimum Gasteiger partial charge on any atom is -0.438 e. The molecule has 0 bridgehead atoms. The number of nitriles is 1. The van der Waals surface area contributed by atoms with Crippen LogP contribution in [0.5, 0.6) is 11.6 Å². The molecule has 0 atom stereocenters. The first-order chi connectivity index (χ1) is 16.9. The summed E-state index contributed by atoms with van der Waals surface area (Å²) in [5.74, 6) is -0.250. The van der Waals surface area contributed by atoms with Gasteiger partial charge >= 0.3 is 0 Å². The molecule has 4 aromatic rings. The van der Waals surface area contributed by atoms with Gasteiger partial charge in [-0.05, 0) is 60.9 Å². The minimum atomic E-state index is -0.715. The summed E-state index contributed by atoms with van der Waals surface area (Å²) in [4.78, 5) is 30.8. The van der Waals surface area contributed by atoms with Gasteiger partial charge in [0.1, 0.15) is 28.6 Å². The van der Waals surface area contributed by atoms with E-state index in [1.165, 1.54) is 10.5 Å². The van der Waals surface area contributed by atoms with Gasteiger partial charge in [-0.2, -0.15) is 10.2 Å². The normalized spacial score (nSPS) is 11.2. The summed E-state index contributed by atoms with van der Waals surface area (Å²) in [5, 5.41) is 12.6. The molecule has 0 saturated heterocycles. The molecule has 0 spiro atoms. The van der Waals surface area contributed by atoms with Crippen molar-refractivity contribution in [2.45, 2.75) is 20.3 Å². The largest absolute Gasteiger partial charge is 0.438 e. The van der Waals surface area contributed by atoms with Crippen molar-refractivity contribution < 1.29 is 9.53 Å². The Hall–Kier alpha value is -4.41. The fraction of sp³-hybridized carbons (Fsp3) is 0.111. The van der Waals surface area contributed by atoms with E-state index in [1.807, 2.05) is 38.1 Å². The first-order valence-electron chi connectivity index (χ1n) is 10.9. The van der Waals surface area contributed by atoms with Gasteiger partial charge in [-0.25, -0.2) is 0 Å². The number of benzene rings is 2. The molecule has 35 heavy (non-hydrogen) atoms. The zero-order valence-electron chi connectivity index (χ0n) is 19.1. The van der Waals surface area contributed by atoms with Gasteiger partial charge in [0.25, 0.3) is 11.5 Å². The Morgan fingerprint density at radius 3 is 2.60 bits per heavy atom. The number of hydrogen-bond acceptors (Lipinski definition) is 5. The molecule has 0 aliphatic carbocycles. The molecule has 0 aliphatic rings. The number of fused-ring (bicyclic) bond motifs is 1. The number of amides is 1. The van der Waals surface area contributed by atoms with E-state index in [0.29, 0.717) is 22.1 Å². The number of para-hydroxylation sites is 1. The van der Waals surface area contributed by atoms with Crippen LogP contribution in [0.25, 0.3) is 11.7 Å². The van der Waals surface area contributed by atoms with Gasteiger partial charge in [0.05, 0.1) is 10.7 Å². The fourth-order valence-electron chi connectivity index (χ4n) is 3.44. The van der Waals surface area contributed by atoms with E-state index in [1.54, 1.807) is 48.7 Å². The van der Waals surface area contributed by atoms with Crippen LogP contribution in [0.2, 0.25) is 5.02 Å². The molecule has 0 unspecified atom stereocenters. The SMILES string of the molecule is CCc1ccc(Oc2nc3c(C)cccn3c(=O)c2/C=C(/C#N)C(=O)Nc2ccccc2Cl)cc1. The Bertz CT molecular complexity index is 1550. The average Bonchev–Trinajstić information content (AvgIpc) is 2.86. The number of carbonyl (C=O) groups is 1. The smallest absolute Gasteiger partial charge is 0.269 e. The van der Waals surface area contributed by atoms with Crippen LogP contribution >= 0.6 is 11.6 Å². The minimum absolute atomic E-state index is 0.00755. The lowest BCUT2D eigenvalue weighted by molar-refractivity contribution is -0.112. The Labute approximate surface area is 206 Å². The molecule has 174 valence electrons. The summed E-state index contributed by atoms with van der Waals surface area (Å²) < 4.78 is 7.34. The lowest BCUT2D eigenvalue weighted by Gasteiger charge is -2.12. The Morgan fingerprint density at radius 1 is 1.17 bits per heavy atom. The third kappa shape index (κ3) is 5.08. The zero-order chi connectivity index (χ0) is 24.9. The lowest BCUT2D eigenvalue weighted by atomic mass is 10.1. The topological polar surface area (TPSA) is 96.5 Å². The first kappa shape index (κ1) is 23.7. The van der Waals surface area contributed by atoms with E-state index in [2.05, 4.69) is 10.3 Å². The quantitative estimate of drug-likeness (QED) is 0.285. The van der Waals surface area contributed by atoms with Gasteiger partial charge in [-0.3, -0.25) is 14.0 Å². The number of halogens is 1. The van der Waals surface area contributed by atoms with E-state index < -0.39 is 11.5 Å². The Kier molecular flexibility index (Phi) is 6.95. The molecule has 1 amide bonds. The van der Waals surface area contributed by atoms with Crippen molar-refractivity contribution in [2.24, 2.45) is 0 Å². The number of rotatable bonds is 6. The third-order valence-electron chi connectivity index (χ3n) is 5.37. The van der Waals surface area contributed by atoms with Crippen LogP contribution in [0.15, 0.2) is 77.2 Å². The fourth-order valence-corrected chi connectivity index (χ4v) is 3.63. The molecular weight excluding hydrogens is 464 g/mol. The van der Waals surface area contributed by atoms with Crippen LogP contribution in [-0.4, -0.2) is 15.3 Å². The predicted octanol–water partition coefficient (Wildman–Crippen LogP) is 5.56. The molecule has 2 aromatic heterocycles. The second kappa shape index (κ2) is 10.2. The summed E-state index contributed by atoms with van der Waals surface area (Å²) in [7, 11) is 0. The van der Waals surface area contributed by atoms with Gasteiger partial charge in [0, 0.05) is 6.20 Å². The highest BCUT2D eigenvalue weighted by atomic mass is 35.5. The number of nitrogens with zero attached hydrogens (tertiary/aromatic N) is 3. The van der Waals surface area contributed by atoms with Gasteiger partial charge in [-0.15, -0.1) is 0 Å².